The minimum atomic E-state index is -0.000959. The van der Waals surface area contributed by atoms with E-state index in [4.69, 9.17) is 0 Å². The van der Waals surface area contributed by atoms with Crippen LogP contribution >= 0.6 is 0 Å². The molecule has 0 N–H and O–H groups in total. The molecule has 0 aromatic heterocycles. The molecule has 0 aromatic carbocycles. The van der Waals surface area contributed by atoms with Crippen molar-refractivity contribution < 1.29 is 4.79 Å². The Kier molecular flexibility index (Phi) is 3.76. The van der Waals surface area contributed by atoms with Crippen molar-refractivity contribution in [2.24, 2.45) is 11.3 Å². The maximum absolute atomic E-state index is 12.0. The second-order valence-corrected chi connectivity index (χ2v) is 5.96. The molecule has 0 saturated carbocycles. The zero-order valence-electron chi connectivity index (χ0n) is 11.5. The van der Waals surface area contributed by atoms with Gasteiger partial charge in [0.1, 0.15) is 0 Å². The molecule has 0 aromatic rings. The first-order valence-corrected chi connectivity index (χ1v) is 7.09. The van der Waals surface area contributed by atoms with Gasteiger partial charge in [0.15, 0.2) is 0 Å². The van der Waals surface area contributed by atoms with E-state index in [-0.39, 0.29) is 5.41 Å². The summed E-state index contributed by atoms with van der Waals surface area (Å²) in [5.74, 6) is 1.19. The van der Waals surface area contributed by atoms with Crippen LogP contribution in [0.25, 0.3) is 0 Å². The predicted molar refractivity (Wildman–Crippen MR) is 69.8 cm³/mol. The summed E-state index contributed by atoms with van der Waals surface area (Å²) in [5, 5.41) is 0. The zero-order chi connectivity index (χ0) is 12.5. The van der Waals surface area contributed by atoms with Crippen molar-refractivity contribution in [1.29, 1.82) is 0 Å². The lowest BCUT2D eigenvalue weighted by Gasteiger charge is -2.52. The van der Waals surface area contributed by atoms with Gasteiger partial charge in [-0.05, 0) is 25.3 Å². The first-order chi connectivity index (χ1) is 8.11. The number of piperidine rings is 1. The Morgan fingerprint density at radius 3 is 2.53 bits per heavy atom. The van der Waals surface area contributed by atoms with E-state index in [0.717, 1.165) is 25.4 Å². The van der Waals surface area contributed by atoms with Gasteiger partial charge in [-0.15, -0.1) is 0 Å². The standard InChI is InChI=1S/C14H26N2O/c1-4-12(5-2)9-16-8-6-7-14(11-16)10-15(3)13(14)17/h12H,4-11H2,1-3H3. The number of amides is 1. The smallest absolute Gasteiger partial charge is 0.231 e. The van der Waals surface area contributed by atoms with Crippen molar-refractivity contribution in [3.05, 3.63) is 0 Å². The third-order valence-corrected chi connectivity index (χ3v) is 4.67. The molecular weight excluding hydrogens is 212 g/mol. The molecule has 0 aliphatic carbocycles. The molecule has 1 spiro atoms. The maximum atomic E-state index is 12.0. The second-order valence-electron chi connectivity index (χ2n) is 5.96. The van der Waals surface area contributed by atoms with Crippen LogP contribution in [-0.2, 0) is 4.79 Å². The Morgan fingerprint density at radius 1 is 1.29 bits per heavy atom. The van der Waals surface area contributed by atoms with E-state index >= 15 is 0 Å². The summed E-state index contributed by atoms with van der Waals surface area (Å²) >= 11 is 0. The Bertz CT molecular complexity index is 284. The molecule has 0 bridgehead atoms. The Morgan fingerprint density at radius 2 is 2.00 bits per heavy atom. The van der Waals surface area contributed by atoms with Crippen LogP contribution in [0.2, 0.25) is 0 Å². The average molecular weight is 238 g/mol. The Balaban J connectivity index is 1.92. The van der Waals surface area contributed by atoms with Gasteiger partial charge >= 0.3 is 0 Å². The summed E-state index contributed by atoms with van der Waals surface area (Å²) < 4.78 is 0. The van der Waals surface area contributed by atoms with Gasteiger partial charge in [-0.2, -0.15) is 0 Å². The van der Waals surface area contributed by atoms with E-state index in [0.29, 0.717) is 5.91 Å². The molecule has 3 heteroatoms. The van der Waals surface area contributed by atoms with Gasteiger partial charge in [0, 0.05) is 26.7 Å². The fourth-order valence-corrected chi connectivity index (χ4v) is 3.51. The molecule has 2 aliphatic heterocycles. The van der Waals surface area contributed by atoms with Crippen molar-refractivity contribution in [2.75, 3.05) is 33.2 Å². The molecule has 1 amide bonds. The lowest BCUT2D eigenvalue weighted by molar-refractivity contribution is -0.163. The lowest BCUT2D eigenvalue weighted by atomic mass is 9.72. The van der Waals surface area contributed by atoms with Crippen LogP contribution in [0, 0.1) is 11.3 Å². The van der Waals surface area contributed by atoms with Crippen LogP contribution in [0.1, 0.15) is 39.5 Å². The molecule has 1 unspecified atom stereocenters. The Labute approximate surface area is 105 Å². The monoisotopic (exact) mass is 238 g/mol. The summed E-state index contributed by atoms with van der Waals surface area (Å²) in [4.78, 5) is 16.4. The normalized spacial score (nSPS) is 30.1. The van der Waals surface area contributed by atoms with Gasteiger partial charge in [-0.3, -0.25) is 4.79 Å². The molecule has 2 heterocycles. The molecule has 0 radical (unpaired) electrons. The largest absolute Gasteiger partial charge is 0.344 e. The fourth-order valence-electron chi connectivity index (χ4n) is 3.51. The minimum absolute atomic E-state index is 0.000959. The number of nitrogens with zero attached hydrogens (tertiary/aromatic N) is 2. The molecular formula is C14H26N2O. The van der Waals surface area contributed by atoms with E-state index in [1.54, 1.807) is 0 Å². The van der Waals surface area contributed by atoms with Gasteiger partial charge in [0.2, 0.25) is 5.91 Å². The third-order valence-electron chi connectivity index (χ3n) is 4.67. The average Bonchev–Trinajstić information content (AvgIpc) is 2.36. The zero-order valence-corrected chi connectivity index (χ0v) is 11.5. The lowest BCUT2D eigenvalue weighted by Crippen LogP contribution is -2.65. The summed E-state index contributed by atoms with van der Waals surface area (Å²) in [6.45, 7) is 8.91. The number of likely N-dealkylation sites (tertiary alicyclic amines) is 2. The first-order valence-electron chi connectivity index (χ1n) is 7.09. The molecule has 1 atom stereocenters. The van der Waals surface area contributed by atoms with Crippen LogP contribution in [0.4, 0.5) is 0 Å². The Hall–Kier alpha value is -0.570. The molecule has 2 fully saturated rings. The van der Waals surface area contributed by atoms with E-state index < -0.39 is 0 Å². The summed E-state index contributed by atoms with van der Waals surface area (Å²) in [6.07, 6.45) is 4.82. The highest BCUT2D eigenvalue weighted by molar-refractivity contribution is 5.88. The molecule has 98 valence electrons. The van der Waals surface area contributed by atoms with Crippen LogP contribution in [0.15, 0.2) is 0 Å². The summed E-state index contributed by atoms with van der Waals surface area (Å²) in [5.41, 5.74) is -0.000959. The third kappa shape index (κ3) is 2.35. The molecule has 2 saturated heterocycles. The molecule has 2 aliphatic rings. The van der Waals surface area contributed by atoms with Crippen LogP contribution in [0.5, 0.6) is 0 Å². The highest BCUT2D eigenvalue weighted by Gasteiger charge is 2.52. The summed E-state index contributed by atoms with van der Waals surface area (Å²) in [7, 11) is 1.92. The first kappa shape index (κ1) is 12.9. The van der Waals surface area contributed by atoms with Gasteiger partial charge < -0.3 is 9.80 Å². The topological polar surface area (TPSA) is 23.6 Å². The highest BCUT2D eigenvalue weighted by Crippen LogP contribution is 2.39. The number of rotatable bonds is 4. The van der Waals surface area contributed by atoms with Gasteiger partial charge in [0.05, 0.1) is 5.41 Å². The highest BCUT2D eigenvalue weighted by atomic mass is 16.2. The fraction of sp³-hybridized carbons (Fsp3) is 0.929. The maximum Gasteiger partial charge on any atom is 0.231 e. The van der Waals surface area contributed by atoms with Crippen molar-refractivity contribution in [3.8, 4) is 0 Å². The molecule has 3 nitrogen and oxygen atoms in total. The van der Waals surface area contributed by atoms with Crippen LogP contribution < -0.4 is 0 Å². The second kappa shape index (κ2) is 4.97. The quantitative estimate of drug-likeness (QED) is 0.699. The van der Waals surface area contributed by atoms with Gasteiger partial charge in [-0.25, -0.2) is 0 Å². The SMILES string of the molecule is CCC(CC)CN1CCCC2(C1)CN(C)C2=O. The van der Waals surface area contributed by atoms with Crippen molar-refractivity contribution in [1.82, 2.24) is 9.80 Å². The van der Waals surface area contributed by atoms with Crippen molar-refractivity contribution in [3.63, 3.8) is 0 Å². The number of hydrogen-bond acceptors (Lipinski definition) is 2. The van der Waals surface area contributed by atoms with E-state index in [2.05, 4.69) is 18.7 Å². The number of hydrogen-bond donors (Lipinski definition) is 0. The number of β-lactam (4-membered cyclic amide) rings is 1. The predicted octanol–water partition coefficient (Wildman–Crippen LogP) is 1.98. The van der Waals surface area contributed by atoms with E-state index in [1.165, 1.54) is 32.4 Å². The van der Waals surface area contributed by atoms with Crippen LogP contribution in [-0.4, -0.2) is 48.9 Å². The molecule has 17 heavy (non-hydrogen) atoms. The summed E-state index contributed by atoms with van der Waals surface area (Å²) in [6, 6.07) is 0. The number of carbonyl (C=O) groups is 1. The van der Waals surface area contributed by atoms with E-state index in [1.807, 2.05) is 11.9 Å². The van der Waals surface area contributed by atoms with E-state index in [9.17, 15) is 4.79 Å². The van der Waals surface area contributed by atoms with Crippen molar-refractivity contribution in [2.45, 2.75) is 39.5 Å². The van der Waals surface area contributed by atoms with Gasteiger partial charge in [0.25, 0.3) is 0 Å². The number of carbonyl (C=O) groups excluding carboxylic acids is 1. The van der Waals surface area contributed by atoms with Crippen LogP contribution in [0.3, 0.4) is 0 Å². The molecule has 2 rings (SSSR count). The minimum Gasteiger partial charge on any atom is -0.344 e. The van der Waals surface area contributed by atoms with Gasteiger partial charge in [-0.1, -0.05) is 26.7 Å². The van der Waals surface area contributed by atoms with Crippen molar-refractivity contribution >= 4 is 5.91 Å².